The summed E-state index contributed by atoms with van der Waals surface area (Å²) >= 11 is 0. The van der Waals surface area contributed by atoms with Crippen LogP contribution in [0.1, 0.15) is 69.2 Å². The van der Waals surface area contributed by atoms with E-state index in [2.05, 4.69) is 75.4 Å². The van der Waals surface area contributed by atoms with E-state index >= 15 is 0 Å². The molecule has 2 aliphatic carbocycles. The molecule has 1 saturated carbocycles. The van der Waals surface area contributed by atoms with E-state index < -0.39 is 0 Å². The van der Waals surface area contributed by atoms with Crippen LogP contribution in [0.2, 0.25) is 0 Å². The van der Waals surface area contributed by atoms with Crippen LogP contribution in [0.25, 0.3) is 0 Å². The Hall–Kier alpha value is -1.64. The van der Waals surface area contributed by atoms with E-state index in [0.29, 0.717) is 24.9 Å². The Balaban J connectivity index is 1.67. The number of hydrogen-bond acceptors (Lipinski definition) is 2. The molecule has 4 rings (SSSR count). The van der Waals surface area contributed by atoms with Crippen LogP contribution in [-0.4, -0.2) is 18.3 Å². The van der Waals surface area contributed by atoms with Gasteiger partial charge in [-0.3, -0.25) is 0 Å². The molecule has 0 amide bonds. The molecule has 0 bridgehead atoms. The van der Waals surface area contributed by atoms with Gasteiger partial charge in [-0.2, -0.15) is 0 Å². The van der Waals surface area contributed by atoms with Gasteiger partial charge in [-0.1, -0.05) is 75.4 Å². The van der Waals surface area contributed by atoms with Gasteiger partial charge in [0.25, 0.3) is 0 Å². The number of aliphatic hydroxyl groups excluding tert-OH is 1. The highest BCUT2D eigenvalue weighted by Crippen LogP contribution is 2.61. The summed E-state index contributed by atoms with van der Waals surface area (Å²) in [6.45, 7) is 8.29. The fraction of sp³-hybridized carbons (Fsp3) is 0.556. The number of ether oxygens (including phenoxy) is 1. The second kappa shape index (κ2) is 8.24. The standard InChI is InChI=1S/C27H36O2/c1-26(2)23(25(29-19-9-18-28)21-11-5-4-6-12-21)16-17-27(3)22-13-8-7-10-20(22)14-15-24(26)27/h4-8,10-13,23-25,28H,9,14-19H2,1-3H3/t23?,24-,25?,27+/m0/s1. The lowest BCUT2D eigenvalue weighted by Gasteiger charge is -2.59. The fourth-order valence-corrected chi connectivity index (χ4v) is 6.59. The summed E-state index contributed by atoms with van der Waals surface area (Å²) in [4.78, 5) is 0. The summed E-state index contributed by atoms with van der Waals surface area (Å²) in [5.41, 5.74) is 4.85. The third kappa shape index (κ3) is 3.66. The fourth-order valence-electron chi connectivity index (χ4n) is 6.59. The maximum absolute atomic E-state index is 9.26. The first kappa shape index (κ1) is 20.6. The van der Waals surface area contributed by atoms with Gasteiger partial charge in [0.1, 0.15) is 0 Å². The van der Waals surface area contributed by atoms with Crippen molar-refractivity contribution in [3.8, 4) is 0 Å². The van der Waals surface area contributed by atoms with E-state index in [4.69, 9.17) is 4.74 Å². The molecule has 156 valence electrons. The van der Waals surface area contributed by atoms with Gasteiger partial charge in [0.05, 0.1) is 6.10 Å². The Morgan fingerprint density at radius 2 is 1.72 bits per heavy atom. The van der Waals surface area contributed by atoms with E-state index in [-0.39, 0.29) is 23.5 Å². The summed E-state index contributed by atoms with van der Waals surface area (Å²) in [6.07, 6.45) is 5.64. The smallest absolute Gasteiger partial charge is 0.0858 e. The molecule has 2 aromatic carbocycles. The largest absolute Gasteiger partial charge is 0.396 e. The summed E-state index contributed by atoms with van der Waals surface area (Å²) < 4.78 is 6.47. The summed E-state index contributed by atoms with van der Waals surface area (Å²) in [7, 11) is 0. The lowest BCUT2D eigenvalue weighted by molar-refractivity contribution is -0.100. The zero-order chi connectivity index (χ0) is 20.5. The van der Waals surface area contributed by atoms with Gasteiger partial charge < -0.3 is 9.84 Å². The average molecular weight is 393 g/mol. The van der Waals surface area contributed by atoms with Crippen molar-refractivity contribution in [2.24, 2.45) is 17.3 Å². The van der Waals surface area contributed by atoms with Crippen LogP contribution >= 0.6 is 0 Å². The first-order valence-corrected chi connectivity index (χ1v) is 11.3. The second-order valence-electron chi connectivity index (χ2n) is 9.91. The number of aryl methyl sites for hydroxylation is 1. The number of aliphatic hydroxyl groups is 1. The summed E-state index contributed by atoms with van der Waals surface area (Å²) in [6, 6.07) is 19.9. The average Bonchev–Trinajstić information content (AvgIpc) is 2.73. The minimum atomic E-state index is 0.0967. The minimum Gasteiger partial charge on any atom is -0.396 e. The molecule has 4 atom stereocenters. The third-order valence-corrected chi connectivity index (χ3v) is 8.03. The molecule has 1 N–H and O–H groups in total. The third-order valence-electron chi connectivity index (χ3n) is 8.03. The van der Waals surface area contributed by atoms with Crippen LogP contribution in [0, 0.1) is 17.3 Å². The molecule has 2 nitrogen and oxygen atoms in total. The van der Waals surface area contributed by atoms with Crippen molar-refractivity contribution in [3.63, 3.8) is 0 Å². The molecule has 2 heteroatoms. The van der Waals surface area contributed by atoms with Crippen molar-refractivity contribution in [3.05, 3.63) is 71.3 Å². The van der Waals surface area contributed by atoms with Crippen molar-refractivity contribution >= 4 is 0 Å². The van der Waals surface area contributed by atoms with Gasteiger partial charge in [0.15, 0.2) is 0 Å². The van der Waals surface area contributed by atoms with Crippen LogP contribution in [0.15, 0.2) is 54.6 Å². The quantitative estimate of drug-likeness (QED) is 0.603. The van der Waals surface area contributed by atoms with Gasteiger partial charge in [0.2, 0.25) is 0 Å². The molecule has 29 heavy (non-hydrogen) atoms. The number of rotatable bonds is 6. The van der Waals surface area contributed by atoms with Gasteiger partial charge in [-0.05, 0) is 71.5 Å². The molecule has 0 aromatic heterocycles. The van der Waals surface area contributed by atoms with Crippen LogP contribution < -0.4 is 0 Å². The van der Waals surface area contributed by atoms with Crippen molar-refractivity contribution in [1.82, 2.24) is 0 Å². The van der Waals surface area contributed by atoms with Crippen molar-refractivity contribution in [2.45, 2.75) is 64.4 Å². The van der Waals surface area contributed by atoms with Crippen LogP contribution in [-0.2, 0) is 16.6 Å². The molecule has 0 heterocycles. The highest BCUT2D eigenvalue weighted by atomic mass is 16.5. The van der Waals surface area contributed by atoms with Crippen molar-refractivity contribution in [2.75, 3.05) is 13.2 Å². The van der Waals surface area contributed by atoms with Gasteiger partial charge in [-0.15, -0.1) is 0 Å². The van der Waals surface area contributed by atoms with Crippen molar-refractivity contribution in [1.29, 1.82) is 0 Å². The summed E-state index contributed by atoms with van der Waals surface area (Å²) in [5.74, 6) is 1.13. The molecule has 1 fully saturated rings. The molecule has 2 aromatic rings. The minimum absolute atomic E-state index is 0.0967. The summed E-state index contributed by atoms with van der Waals surface area (Å²) in [5, 5.41) is 9.26. The van der Waals surface area contributed by atoms with E-state index in [9.17, 15) is 5.11 Å². The maximum atomic E-state index is 9.26. The molecule has 0 spiro atoms. The monoisotopic (exact) mass is 392 g/mol. The predicted octanol–water partition coefficient (Wildman–Crippen LogP) is 6.08. The van der Waals surface area contributed by atoms with Gasteiger partial charge >= 0.3 is 0 Å². The Morgan fingerprint density at radius 1 is 1.00 bits per heavy atom. The Bertz CT molecular complexity index is 812. The Morgan fingerprint density at radius 3 is 2.48 bits per heavy atom. The van der Waals surface area contributed by atoms with Crippen molar-refractivity contribution < 1.29 is 9.84 Å². The lowest BCUT2D eigenvalue weighted by Crippen LogP contribution is -2.53. The van der Waals surface area contributed by atoms with E-state index in [0.717, 1.165) is 0 Å². The highest BCUT2D eigenvalue weighted by Gasteiger charge is 2.55. The van der Waals surface area contributed by atoms with Gasteiger partial charge in [0, 0.05) is 13.2 Å². The van der Waals surface area contributed by atoms with E-state index in [1.165, 1.54) is 31.2 Å². The first-order valence-electron chi connectivity index (χ1n) is 11.3. The number of fused-ring (bicyclic) bond motifs is 3. The Labute approximate surface area is 176 Å². The molecular weight excluding hydrogens is 356 g/mol. The highest BCUT2D eigenvalue weighted by molar-refractivity contribution is 5.39. The molecule has 0 radical (unpaired) electrons. The molecular formula is C27H36O2. The normalized spacial score (nSPS) is 29.0. The van der Waals surface area contributed by atoms with E-state index in [1.54, 1.807) is 11.1 Å². The topological polar surface area (TPSA) is 29.5 Å². The zero-order valence-electron chi connectivity index (χ0n) is 18.2. The first-order chi connectivity index (χ1) is 14.0. The molecule has 2 unspecified atom stereocenters. The van der Waals surface area contributed by atoms with Crippen LogP contribution in [0.3, 0.4) is 0 Å². The van der Waals surface area contributed by atoms with E-state index in [1.807, 2.05) is 0 Å². The molecule has 0 aliphatic heterocycles. The number of benzene rings is 2. The molecule has 0 saturated heterocycles. The second-order valence-corrected chi connectivity index (χ2v) is 9.91. The number of hydrogen-bond donors (Lipinski definition) is 1. The zero-order valence-corrected chi connectivity index (χ0v) is 18.2. The van der Waals surface area contributed by atoms with Crippen LogP contribution in [0.4, 0.5) is 0 Å². The SMILES string of the molecule is CC1(C)C(C(OCCCO)c2ccccc2)CC[C@]2(C)c3ccccc3CC[C@@H]12. The molecule has 2 aliphatic rings. The predicted molar refractivity (Wildman–Crippen MR) is 119 cm³/mol. The lowest BCUT2D eigenvalue weighted by atomic mass is 9.46. The van der Waals surface area contributed by atoms with Gasteiger partial charge in [-0.25, -0.2) is 0 Å². The Kier molecular flexibility index (Phi) is 5.86. The van der Waals surface area contributed by atoms with Crippen LogP contribution in [0.5, 0.6) is 0 Å². The maximum Gasteiger partial charge on any atom is 0.0858 e.